The Hall–Kier alpha value is -5.19. The molecule has 224 valence electrons. The van der Waals surface area contributed by atoms with E-state index in [9.17, 15) is 24.0 Å². The summed E-state index contributed by atoms with van der Waals surface area (Å²) in [5.74, 6) is -1.82. The molecule has 0 radical (unpaired) electrons. The largest absolute Gasteiger partial charge is 0.477 e. The maximum atomic E-state index is 11.7. The molecule has 1 saturated carbocycles. The summed E-state index contributed by atoms with van der Waals surface area (Å²) in [6, 6.07) is 14.0. The molecule has 0 spiro atoms. The van der Waals surface area contributed by atoms with Crippen LogP contribution in [0.15, 0.2) is 59.8 Å². The van der Waals surface area contributed by atoms with Gasteiger partial charge in [0, 0.05) is 63.7 Å². The van der Waals surface area contributed by atoms with Gasteiger partial charge in [-0.2, -0.15) is 0 Å². The minimum absolute atomic E-state index is 0.117. The Morgan fingerprint density at radius 2 is 1.33 bits per heavy atom. The highest BCUT2D eigenvalue weighted by Gasteiger charge is 2.24. The maximum absolute atomic E-state index is 11.7. The van der Waals surface area contributed by atoms with E-state index >= 15 is 0 Å². The average molecular weight is 587 g/mol. The molecule has 0 atom stereocenters. The lowest BCUT2D eigenvalue weighted by Gasteiger charge is -2.18. The van der Waals surface area contributed by atoms with Crippen molar-refractivity contribution in [1.82, 2.24) is 9.97 Å². The van der Waals surface area contributed by atoms with Crippen LogP contribution in [0.25, 0.3) is 21.8 Å². The van der Waals surface area contributed by atoms with Crippen molar-refractivity contribution in [3.8, 4) is 0 Å². The SMILES string of the molecule is CC1=C(Nc2ccc3[nH]c(C(=O)O)cc3c2)CCCC1=O.CC1C(=O)CCCC1=O.Nc1ccc2[nH]c(C(=O)O)cc2c1. The van der Waals surface area contributed by atoms with E-state index in [2.05, 4.69) is 15.3 Å². The number of H-pyrrole nitrogens is 2. The van der Waals surface area contributed by atoms with Crippen molar-refractivity contribution in [2.24, 2.45) is 5.92 Å². The van der Waals surface area contributed by atoms with Crippen molar-refractivity contribution in [3.63, 3.8) is 0 Å². The van der Waals surface area contributed by atoms with Crippen LogP contribution in [0.3, 0.4) is 0 Å². The number of nitrogens with one attached hydrogen (secondary N) is 3. The molecule has 4 aromatic rings. The lowest BCUT2D eigenvalue weighted by molar-refractivity contribution is -0.134. The second kappa shape index (κ2) is 13.2. The minimum Gasteiger partial charge on any atom is -0.477 e. The number of carboxylic acids is 2. The summed E-state index contributed by atoms with van der Waals surface area (Å²) in [5.41, 5.74) is 10.7. The van der Waals surface area contributed by atoms with Gasteiger partial charge in [0.25, 0.3) is 0 Å². The van der Waals surface area contributed by atoms with Crippen LogP contribution in [0, 0.1) is 5.92 Å². The van der Waals surface area contributed by atoms with Crippen molar-refractivity contribution in [3.05, 3.63) is 71.2 Å². The van der Waals surface area contributed by atoms with Crippen LogP contribution >= 0.6 is 0 Å². The number of allylic oxidation sites excluding steroid dienone is 2. The maximum Gasteiger partial charge on any atom is 0.352 e. The highest BCUT2D eigenvalue weighted by atomic mass is 16.4. The van der Waals surface area contributed by atoms with Crippen LogP contribution in [0.4, 0.5) is 11.4 Å². The minimum atomic E-state index is -0.975. The number of rotatable bonds is 4. The molecule has 2 aliphatic rings. The van der Waals surface area contributed by atoms with Gasteiger partial charge in [-0.1, -0.05) is 0 Å². The first kappa shape index (κ1) is 30.8. The van der Waals surface area contributed by atoms with Crippen LogP contribution in [-0.2, 0) is 14.4 Å². The molecule has 2 aromatic carbocycles. The molecule has 2 aromatic heterocycles. The lowest BCUT2D eigenvalue weighted by atomic mass is 9.88. The number of nitrogens with two attached hydrogens (primary N) is 1. The number of carbonyl (C=O) groups is 5. The summed E-state index contributed by atoms with van der Waals surface area (Å²) in [6.07, 6.45) is 4.33. The molecule has 2 heterocycles. The molecule has 2 aliphatic carbocycles. The van der Waals surface area contributed by atoms with E-state index in [-0.39, 0.29) is 34.7 Å². The van der Waals surface area contributed by atoms with Gasteiger partial charge in [-0.25, -0.2) is 9.59 Å². The normalized spacial score (nSPS) is 15.5. The molecule has 1 fully saturated rings. The first-order valence-corrected chi connectivity index (χ1v) is 14.0. The monoisotopic (exact) mass is 586 g/mol. The molecular weight excluding hydrogens is 552 g/mol. The van der Waals surface area contributed by atoms with Gasteiger partial charge in [0.05, 0.1) is 5.92 Å². The highest BCUT2D eigenvalue weighted by Crippen LogP contribution is 2.26. The summed E-state index contributed by atoms with van der Waals surface area (Å²) in [7, 11) is 0. The van der Waals surface area contributed by atoms with Gasteiger partial charge < -0.3 is 31.2 Å². The summed E-state index contributed by atoms with van der Waals surface area (Å²) in [5, 5.41) is 22.6. The smallest absolute Gasteiger partial charge is 0.352 e. The van der Waals surface area contributed by atoms with Gasteiger partial charge in [-0.3, -0.25) is 14.4 Å². The summed E-state index contributed by atoms with van der Waals surface area (Å²) < 4.78 is 0. The predicted octanol–water partition coefficient (Wildman–Crippen LogP) is 5.70. The van der Waals surface area contributed by atoms with Gasteiger partial charge >= 0.3 is 11.9 Å². The van der Waals surface area contributed by atoms with E-state index in [0.29, 0.717) is 24.9 Å². The number of nitrogen functional groups attached to an aromatic ring is 1. The molecule has 11 heteroatoms. The zero-order valence-corrected chi connectivity index (χ0v) is 24.0. The molecule has 0 saturated heterocycles. The Kier molecular flexibility index (Phi) is 9.44. The Morgan fingerprint density at radius 3 is 1.88 bits per heavy atom. The highest BCUT2D eigenvalue weighted by molar-refractivity contribution is 6.04. The number of hydrogen-bond donors (Lipinski definition) is 6. The number of anilines is 2. The third kappa shape index (κ3) is 7.56. The number of fused-ring (bicyclic) bond motifs is 2. The average Bonchev–Trinajstić information content (AvgIpc) is 3.59. The van der Waals surface area contributed by atoms with Crippen LogP contribution < -0.4 is 11.1 Å². The van der Waals surface area contributed by atoms with E-state index in [1.807, 2.05) is 25.1 Å². The standard InChI is InChI=1S/C16H16N2O3.C9H8N2O2.C7H10O2/c1-9-12(3-2-4-15(9)19)17-11-5-6-13-10(7-11)8-14(18-13)16(20)21;10-6-1-2-7-5(3-6)4-8(11-7)9(12)13;1-5-6(8)3-2-4-7(5)9/h5-8,17-18H,2-4H2,1H3,(H,20,21);1-4,11H,10H2,(H,12,13);5H,2-4H2,1H3. The Labute approximate surface area is 247 Å². The zero-order valence-electron chi connectivity index (χ0n) is 24.0. The van der Waals surface area contributed by atoms with E-state index in [0.717, 1.165) is 58.0 Å². The third-order valence-corrected chi connectivity index (χ3v) is 7.54. The lowest BCUT2D eigenvalue weighted by Crippen LogP contribution is -2.25. The Morgan fingerprint density at radius 1 is 0.791 bits per heavy atom. The third-order valence-electron chi connectivity index (χ3n) is 7.54. The fraction of sp³-hybridized carbons (Fsp3) is 0.281. The number of carbonyl (C=O) groups excluding carboxylic acids is 3. The number of carboxylic acid groups (broad SMARTS) is 2. The molecule has 7 N–H and O–H groups in total. The fourth-order valence-corrected chi connectivity index (χ4v) is 4.94. The van der Waals surface area contributed by atoms with Gasteiger partial charge in [0.2, 0.25) is 0 Å². The molecular formula is C32H34N4O7. The number of aromatic amines is 2. The molecule has 0 amide bonds. The van der Waals surface area contributed by atoms with E-state index in [4.69, 9.17) is 15.9 Å². The molecule has 0 bridgehead atoms. The number of hydrogen-bond acceptors (Lipinski definition) is 7. The van der Waals surface area contributed by atoms with Gasteiger partial charge in [0.1, 0.15) is 23.0 Å². The molecule has 0 unspecified atom stereocenters. The first-order valence-electron chi connectivity index (χ1n) is 14.0. The summed E-state index contributed by atoms with van der Waals surface area (Å²) in [4.78, 5) is 60.5. The van der Waals surface area contributed by atoms with Crippen molar-refractivity contribution in [2.45, 2.75) is 52.4 Å². The Balaban J connectivity index is 0.000000163. The van der Waals surface area contributed by atoms with E-state index < -0.39 is 11.9 Å². The number of Topliss-reactive ketones (excluding diaryl/α,β-unsaturated/α-hetero) is 3. The van der Waals surface area contributed by atoms with Crippen LogP contribution in [0.5, 0.6) is 0 Å². The zero-order chi connectivity index (χ0) is 31.3. The molecule has 11 nitrogen and oxygen atoms in total. The van der Waals surface area contributed by atoms with Crippen molar-refractivity contribution in [1.29, 1.82) is 0 Å². The van der Waals surface area contributed by atoms with Crippen LogP contribution in [-0.4, -0.2) is 49.5 Å². The number of benzene rings is 2. The van der Waals surface area contributed by atoms with E-state index in [1.165, 1.54) is 0 Å². The second-order valence-electron chi connectivity index (χ2n) is 10.6. The fourth-order valence-electron chi connectivity index (χ4n) is 4.94. The van der Waals surface area contributed by atoms with Gasteiger partial charge in [0.15, 0.2) is 5.78 Å². The van der Waals surface area contributed by atoms with Crippen LogP contribution in [0.2, 0.25) is 0 Å². The van der Waals surface area contributed by atoms with Crippen molar-refractivity contribution >= 4 is 62.5 Å². The first-order chi connectivity index (χ1) is 20.4. The second-order valence-corrected chi connectivity index (χ2v) is 10.6. The van der Waals surface area contributed by atoms with E-state index in [1.54, 1.807) is 37.3 Å². The summed E-state index contributed by atoms with van der Waals surface area (Å²) >= 11 is 0. The Bertz CT molecular complexity index is 1750. The number of aromatic carboxylic acids is 2. The predicted molar refractivity (Wildman–Crippen MR) is 163 cm³/mol. The van der Waals surface area contributed by atoms with Gasteiger partial charge in [-0.15, -0.1) is 0 Å². The van der Waals surface area contributed by atoms with Gasteiger partial charge in [-0.05, 0) is 81.6 Å². The molecule has 0 aliphatic heterocycles. The quantitative estimate of drug-likeness (QED) is 0.128. The van der Waals surface area contributed by atoms with Crippen molar-refractivity contribution in [2.75, 3.05) is 11.1 Å². The number of ketones is 3. The topological polar surface area (TPSA) is 195 Å². The number of aromatic nitrogens is 2. The summed E-state index contributed by atoms with van der Waals surface area (Å²) in [6.45, 7) is 3.55. The van der Waals surface area contributed by atoms with Crippen molar-refractivity contribution < 1.29 is 34.2 Å². The molecule has 6 rings (SSSR count). The molecule has 43 heavy (non-hydrogen) atoms. The van der Waals surface area contributed by atoms with Crippen LogP contribution in [0.1, 0.15) is 73.3 Å².